The number of imidazole rings is 1. The average Bonchev–Trinajstić information content (AvgIpc) is 3.00. The molecule has 2 aromatic rings. The Balaban J connectivity index is 1.94. The summed E-state index contributed by atoms with van der Waals surface area (Å²) in [7, 11) is 0. The third-order valence-corrected chi connectivity index (χ3v) is 3.05. The van der Waals surface area contributed by atoms with Crippen molar-refractivity contribution in [2.45, 2.75) is 40.3 Å². The smallest absolute Gasteiger partial charge is 0.146 e. The first kappa shape index (κ1) is 14.7. The number of likely N-dealkylation sites (N-methyl/N-ethyl adjacent to an activating group) is 1. The second kappa shape index (κ2) is 7.19. The maximum atomic E-state index is 4.42. The molecule has 110 valence electrons. The molecule has 0 fully saturated rings. The van der Waals surface area contributed by atoms with Crippen LogP contribution in [0.25, 0.3) is 0 Å². The second-order valence-corrected chi connectivity index (χ2v) is 5.39. The van der Waals surface area contributed by atoms with Crippen molar-refractivity contribution >= 4 is 0 Å². The van der Waals surface area contributed by atoms with Gasteiger partial charge in [0.25, 0.3) is 0 Å². The highest BCUT2D eigenvalue weighted by molar-refractivity contribution is 4.99. The van der Waals surface area contributed by atoms with Crippen LogP contribution in [0.3, 0.4) is 0 Å². The van der Waals surface area contributed by atoms with Gasteiger partial charge in [-0.05, 0) is 12.5 Å². The van der Waals surface area contributed by atoms with Gasteiger partial charge in [0.05, 0.1) is 18.6 Å². The normalized spacial score (nSPS) is 11.4. The van der Waals surface area contributed by atoms with Crippen molar-refractivity contribution in [1.29, 1.82) is 0 Å². The lowest BCUT2D eigenvalue weighted by Crippen LogP contribution is -2.16. The Morgan fingerprint density at radius 1 is 1.30 bits per heavy atom. The van der Waals surface area contributed by atoms with Crippen molar-refractivity contribution in [3.8, 4) is 0 Å². The summed E-state index contributed by atoms with van der Waals surface area (Å²) in [6.45, 7) is 10.1. The molecule has 0 aromatic carbocycles. The van der Waals surface area contributed by atoms with Gasteiger partial charge in [-0.15, -0.1) is 0 Å². The molecule has 6 nitrogen and oxygen atoms in total. The van der Waals surface area contributed by atoms with Crippen LogP contribution in [0, 0.1) is 5.92 Å². The number of hydrogen-bond donors (Lipinski definition) is 1. The van der Waals surface area contributed by atoms with Crippen molar-refractivity contribution in [3.63, 3.8) is 0 Å². The maximum Gasteiger partial charge on any atom is 0.146 e. The second-order valence-electron chi connectivity index (χ2n) is 5.39. The number of hydrogen-bond acceptors (Lipinski definition) is 4. The minimum absolute atomic E-state index is 0.564. The molecule has 2 rings (SSSR count). The zero-order valence-corrected chi connectivity index (χ0v) is 12.6. The molecule has 0 atom stereocenters. The lowest BCUT2D eigenvalue weighted by atomic mass is 10.2. The largest absolute Gasteiger partial charge is 0.330 e. The molecule has 0 saturated carbocycles. The van der Waals surface area contributed by atoms with E-state index in [-0.39, 0.29) is 0 Å². The molecular formula is C14H24N6. The molecule has 0 aliphatic carbocycles. The number of nitrogens with one attached hydrogen (secondary N) is 1. The fraction of sp³-hybridized carbons (Fsp3) is 0.643. The molecule has 6 heteroatoms. The highest BCUT2D eigenvalue weighted by Crippen LogP contribution is 2.05. The Morgan fingerprint density at radius 2 is 2.15 bits per heavy atom. The minimum Gasteiger partial charge on any atom is -0.330 e. The molecule has 0 spiro atoms. The minimum atomic E-state index is 0.564. The van der Waals surface area contributed by atoms with Crippen LogP contribution in [0.15, 0.2) is 18.9 Å². The van der Waals surface area contributed by atoms with E-state index in [1.54, 1.807) is 6.33 Å². The molecule has 0 aliphatic heterocycles. The topological polar surface area (TPSA) is 60.6 Å². The summed E-state index contributed by atoms with van der Waals surface area (Å²) in [5, 5.41) is 7.59. The van der Waals surface area contributed by atoms with E-state index >= 15 is 0 Å². The van der Waals surface area contributed by atoms with Crippen molar-refractivity contribution in [3.05, 3.63) is 30.4 Å². The zero-order valence-electron chi connectivity index (χ0n) is 12.6. The van der Waals surface area contributed by atoms with Gasteiger partial charge in [0.1, 0.15) is 12.2 Å². The molecule has 0 saturated heterocycles. The van der Waals surface area contributed by atoms with Gasteiger partial charge in [0, 0.05) is 25.7 Å². The van der Waals surface area contributed by atoms with Crippen LogP contribution in [0.4, 0.5) is 0 Å². The van der Waals surface area contributed by atoms with Crippen LogP contribution >= 0.6 is 0 Å². The quantitative estimate of drug-likeness (QED) is 0.739. The van der Waals surface area contributed by atoms with Crippen LogP contribution in [0.2, 0.25) is 0 Å². The molecule has 0 bridgehead atoms. The van der Waals surface area contributed by atoms with Gasteiger partial charge in [-0.3, -0.25) is 0 Å². The van der Waals surface area contributed by atoms with E-state index in [1.165, 1.54) is 0 Å². The molecule has 0 unspecified atom stereocenters. The molecule has 2 aromatic heterocycles. The Hall–Kier alpha value is -1.69. The highest BCUT2D eigenvalue weighted by Gasteiger charge is 2.07. The standard InChI is InChI=1S/C14H24N6/c1-4-15-6-5-13-8-19(11-17-13)9-14-16-10-18-20(14)7-12(2)3/h8,10-12,15H,4-7,9H2,1-3H3. The predicted molar refractivity (Wildman–Crippen MR) is 78.4 cm³/mol. The molecule has 2 heterocycles. The van der Waals surface area contributed by atoms with Crippen molar-refractivity contribution in [2.24, 2.45) is 5.92 Å². The van der Waals surface area contributed by atoms with Gasteiger partial charge >= 0.3 is 0 Å². The molecule has 1 N–H and O–H groups in total. The summed E-state index contributed by atoms with van der Waals surface area (Å²) in [5.41, 5.74) is 1.11. The Bertz CT molecular complexity index is 513. The van der Waals surface area contributed by atoms with E-state index < -0.39 is 0 Å². The first-order chi connectivity index (χ1) is 9.69. The van der Waals surface area contributed by atoms with E-state index in [4.69, 9.17) is 0 Å². The third-order valence-electron chi connectivity index (χ3n) is 3.05. The van der Waals surface area contributed by atoms with Crippen molar-refractivity contribution in [1.82, 2.24) is 29.6 Å². The zero-order chi connectivity index (χ0) is 14.4. The number of rotatable bonds is 8. The van der Waals surface area contributed by atoms with Crippen molar-refractivity contribution < 1.29 is 0 Å². The summed E-state index contributed by atoms with van der Waals surface area (Å²) in [5.74, 6) is 1.54. The molecule has 0 amide bonds. The van der Waals surface area contributed by atoms with Crippen LogP contribution in [-0.4, -0.2) is 37.4 Å². The maximum absolute atomic E-state index is 4.42. The van der Waals surface area contributed by atoms with Gasteiger partial charge in [0.15, 0.2) is 0 Å². The summed E-state index contributed by atoms with van der Waals surface area (Å²) < 4.78 is 4.05. The number of nitrogens with zero attached hydrogens (tertiary/aromatic N) is 5. The lowest BCUT2D eigenvalue weighted by molar-refractivity contribution is 0.461. The Labute approximate surface area is 120 Å². The van der Waals surface area contributed by atoms with E-state index in [9.17, 15) is 0 Å². The third kappa shape index (κ3) is 4.16. The first-order valence-corrected chi connectivity index (χ1v) is 7.27. The van der Waals surface area contributed by atoms with E-state index in [1.807, 2.05) is 11.0 Å². The molecule has 20 heavy (non-hydrogen) atoms. The molecule has 0 radical (unpaired) electrons. The Kier molecular flexibility index (Phi) is 5.29. The molecular weight excluding hydrogens is 252 g/mol. The highest BCUT2D eigenvalue weighted by atomic mass is 15.3. The van der Waals surface area contributed by atoms with Gasteiger partial charge in [-0.2, -0.15) is 5.10 Å². The lowest BCUT2D eigenvalue weighted by Gasteiger charge is -2.08. The van der Waals surface area contributed by atoms with Crippen LogP contribution in [-0.2, 0) is 19.5 Å². The summed E-state index contributed by atoms with van der Waals surface area (Å²) in [6, 6.07) is 0. The van der Waals surface area contributed by atoms with Crippen LogP contribution in [0.1, 0.15) is 32.3 Å². The van der Waals surface area contributed by atoms with Gasteiger partial charge < -0.3 is 9.88 Å². The summed E-state index contributed by atoms with van der Waals surface area (Å²) in [4.78, 5) is 8.76. The van der Waals surface area contributed by atoms with E-state index in [0.29, 0.717) is 5.92 Å². The monoisotopic (exact) mass is 276 g/mol. The van der Waals surface area contributed by atoms with Crippen LogP contribution < -0.4 is 5.32 Å². The van der Waals surface area contributed by atoms with Gasteiger partial charge in [0.2, 0.25) is 0 Å². The van der Waals surface area contributed by atoms with E-state index in [2.05, 4.69) is 51.9 Å². The SMILES string of the molecule is CCNCCc1cn(Cc2ncnn2CC(C)C)cn1. The van der Waals surface area contributed by atoms with E-state index in [0.717, 1.165) is 44.1 Å². The predicted octanol–water partition coefficient (Wildman–Crippen LogP) is 1.33. The fourth-order valence-electron chi connectivity index (χ4n) is 2.09. The molecule has 0 aliphatic rings. The first-order valence-electron chi connectivity index (χ1n) is 7.27. The summed E-state index contributed by atoms with van der Waals surface area (Å²) >= 11 is 0. The van der Waals surface area contributed by atoms with Crippen LogP contribution in [0.5, 0.6) is 0 Å². The average molecular weight is 276 g/mol. The van der Waals surface area contributed by atoms with Gasteiger partial charge in [-0.25, -0.2) is 14.6 Å². The fourth-order valence-corrected chi connectivity index (χ4v) is 2.09. The van der Waals surface area contributed by atoms with Crippen molar-refractivity contribution in [2.75, 3.05) is 13.1 Å². The van der Waals surface area contributed by atoms with Gasteiger partial charge in [-0.1, -0.05) is 20.8 Å². The summed E-state index contributed by atoms with van der Waals surface area (Å²) in [6.07, 6.45) is 6.54. The number of aromatic nitrogens is 5. The Morgan fingerprint density at radius 3 is 2.90 bits per heavy atom.